The first kappa shape index (κ1) is 16.9. The van der Waals surface area contributed by atoms with E-state index >= 15 is 0 Å². The van der Waals surface area contributed by atoms with Gasteiger partial charge in [0.05, 0.1) is 23.8 Å². The van der Waals surface area contributed by atoms with Gasteiger partial charge in [0, 0.05) is 33.3 Å². The van der Waals surface area contributed by atoms with Crippen molar-refractivity contribution in [2.75, 3.05) is 26.7 Å². The summed E-state index contributed by atoms with van der Waals surface area (Å²) in [4.78, 5) is 16.7. The van der Waals surface area contributed by atoms with Gasteiger partial charge < -0.3 is 9.64 Å². The third-order valence-electron chi connectivity index (χ3n) is 4.96. The fourth-order valence-electron chi connectivity index (χ4n) is 3.63. The van der Waals surface area contributed by atoms with Crippen LogP contribution in [0.3, 0.4) is 0 Å². The molecule has 2 aliphatic rings. The van der Waals surface area contributed by atoms with Crippen LogP contribution in [0.15, 0.2) is 18.2 Å². The van der Waals surface area contributed by atoms with E-state index < -0.39 is 0 Å². The Labute approximate surface area is 141 Å². The highest BCUT2D eigenvalue weighted by molar-refractivity contribution is 5.82. The van der Waals surface area contributed by atoms with Gasteiger partial charge in [0.15, 0.2) is 0 Å². The lowest BCUT2D eigenvalue weighted by Gasteiger charge is -2.27. The van der Waals surface area contributed by atoms with Crippen molar-refractivity contribution in [3.8, 4) is 6.07 Å². The number of amides is 1. The molecule has 2 atom stereocenters. The van der Waals surface area contributed by atoms with Gasteiger partial charge in [0.1, 0.15) is 5.82 Å². The Morgan fingerprint density at radius 1 is 1.42 bits per heavy atom. The lowest BCUT2D eigenvalue weighted by Crippen LogP contribution is -2.44. The van der Waals surface area contributed by atoms with Gasteiger partial charge in [-0.25, -0.2) is 4.39 Å². The topological polar surface area (TPSA) is 56.6 Å². The zero-order valence-electron chi connectivity index (χ0n) is 13.9. The molecule has 1 aromatic rings. The average Bonchev–Trinajstić information content (AvgIpc) is 3.24. The fourth-order valence-corrected chi connectivity index (χ4v) is 3.63. The van der Waals surface area contributed by atoms with E-state index in [1.54, 1.807) is 7.11 Å². The molecule has 6 heteroatoms. The summed E-state index contributed by atoms with van der Waals surface area (Å²) in [6, 6.07) is 6.01. The third kappa shape index (κ3) is 3.42. The Morgan fingerprint density at radius 2 is 2.17 bits per heavy atom. The van der Waals surface area contributed by atoms with E-state index in [0.29, 0.717) is 30.6 Å². The number of nitrogens with zero attached hydrogens (tertiary/aromatic N) is 3. The summed E-state index contributed by atoms with van der Waals surface area (Å²) < 4.78 is 19.0. The number of methoxy groups -OCH3 is 1. The van der Waals surface area contributed by atoms with E-state index in [1.165, 1.54) is 18.2 Å². The van der Waals surface area contributed by atoms with Gasteiger partial charge >= 0.3 is 0 Å². The first-order chi connectivity index (χ1) is 11.6. The quantitative estimate of drug-likeness (QED) is 0.846. The number of likely N-dealkylation sites (tertiary alicyclic amines) is 2. The predicted octanol–water partition coefficient (Wildman–Crippen LogP) is 1.91. The molecule has 0 N–H and O–H groups in total. The maximum atomic E-state index is 13.6. The van der Waals surface area contributed by atoms with Crippen LogP contribution in [0.2, 0.25) is 0 Å². The Bertz CT molecular complexity index is 652. The zero-order valence-corrected chi connectivity index (χ0v) is 13.9. The maximum absolute atomic E-state index is 13.6. The van der Waals surface area contributed by atoms with Crippen LogP contribution < -0.4 is 0 Å². The van der Waals surface area contributed by atoms with Crippen molar-refractivity contribution in [3.63, 3.8) is 0 Å². The number of carbonyl (C=O) groups is 1. The summed E-state index contributed by atoms with van der Waals surface area (Å²) in [5.41, 5.74) is 1.07. The molecule has 0 aromatic heterocycles. The summed E-state index contributed by atoms with van der Waals surface area (Å²) in [5, 5.41) is 9.24. The van der Waals surface area contributed by atoms with E-state index in [-0.39, 0.29) is 23.9 Å². The molecule has 2 saturated heterocycles. The van der Waals surface area contributed by atoms with Gasteiger partial charge in [-0.3, -0.25) is 9.69 Å². The maximum Gasteiger partial charge on any atom is 0.240 e. The van der Waals surface area contributed by atoms with Crippen molar-refractivity contribution in [2.24, 2.45) is 0 Å². The molecule has 2 fully saturated rings. The molecule has 5 nitrogen and oxygen atoms in total. The van der Waals surface area contributed by atoms with Crippen LogP contribution in [0.4, 0.5) is 4.39 Å². The van der Waals surface area contributed by atoms with E-state index in [0.717, 1.165) is 25.9 Å². The summed E-state index contributed by atoms with van der Waals surface area (Å²) in [5.74, 6) is -0.240. The first-order valence-corrected chi connectivity index (χ1v) is 8.36. The van der Waals surface area contributed by atoms with Crippen molar-refractivity contribution < 1.29 is 13.9 Å². The molecule has 128 valence electrons. The van der Waals surface area contributed by atoms with Gasteiger partial charge in [0.25, 0.3) is 0 Å². The van der Waals surface area contributed by atoms with Crippen LogP contribution >= 0.6 is 0 Å². The highest BCUT2D eigenvalue weighted by Crippen LogP contribution is 2.26. The monoisotopic (exact) mass is 331 g/mol. The largest absolute Gasteiger partial charge is 0.380 e. The molecule has 0 bridgehead atoms. The first-order valence-electron chi connectivity index (χ1n) is 8.36. The number of rotatable bonds is 4. The normalized spacial score (nSPS) is 24.3. The predicted molar refractivity (Wildman–Crippen MR) is 86.5 cm³/mol. The van der Waals surface area contributed by atoms with Crippen LogP contribution in [-0.2, 0) is 16.1 Å². The summed E-state index contributed by atoms with van der Waals surface area (Å²) >= 11 is 0. The highest BCUT2D eigenvalue weighted by atomic mass is 19.1. The molecule has 0 aliphatic carbocycles. The molecular weight excluding hydrogens is 309 g/mol. The Balaban J connectivity index is 1.80. The molecule has 24 heavy (non-hydrogen) atoms. The molecule has 0 saturated carbocycles. The lowest BCUT2D eigenvalue weighted by molar-refractivity contribution is -0.135. The molecule has 2 aliphatic heterocycles. The Hall–Kier alpha value is -1.97. The van der Waals surface area contributed by atoms with Crippen molar-refractivity contribution in [1.82, 2.24) is 9.80 Å². The van der Waals surface area contributed by atoms with Gasteiger partial charge in [-0.05, 0) is 43.0 Å². The molecular formula is C18H22FN3O2. The number of hydrogen-bond donors (Lipinski definition) is 0. The van der Waals surface area contributed by atoms with Crippen molar-refractivity contribution in [1.29, 1.82) is 5.26 Å². The van der Waals surface area contributed by atoms with E-state index in [9.17, 15) is 14.4 Å². The van der Waals surface area contributed by atoms with E-state index in [1.807, 2.05) is 9.80 Å². The van der Waals surface area contributed by atoms with Gasteiger partial charge in [-0.1, -0.05) is 0 Å². The number of ether oxygens (including phenoxy) is 1. The summed E-state index contributed by atoms with van der Waals surface area (Å²) in [6.07, 6.45) is 2.73. The van der Waals surface area contributed by atoms with Crippen LogP contribution in [0.1, 0.15) is 30.4 Å². The molecule has 1 amide bonds. The Kier molecular flexibility index (Phi) is 5.12. The van der Waals surface area contributed by atoms with Crippen LogP contribution in [-0.4, -0.2) is 54.6 Å². The smallest absolute Gasteiger partial charge is 0.240 e. The second-order valence-corrected chi connectivity index (χ2v) is 6.48. The van der Waals surface area contributed by atoms with Gasteiger partial charge in [0.2, 0.25) is 5.91 Å². The standard InChI is InChI=1S/C18H22FN3O2/c1-24-16-9-17(18(23)21-6-2-3-7-21)22(12-16)11-14-8-15(19)5-4-13(14)10-20/h4-5,8,16-17H,2-3,6-7,9,11-12H2,1H3/t16-,17-/m0/s1. The number of carbonyl (C=O) groups excluding carboxylic acids is 1. The minimum atomic E-state index is -0.367. The van der Waals surface area contributed by atoms with Crippen LogP contribution in [0.25, 0.3) is 0 Å². The minimum absolute atomic E-state index is 0.0133. The number of benzene rings is 1. The number of nitriles is 1. The molecule has 0 spiro atoms. The van der Waals surface area contributed by atoms with E-state index in [2.05, 4.69) is 6.07 Å². The van der Waals surface area contributed by atoms with Gasteiger partial charge in [-0.2, -0.15) is 5.26 Å². The zero-order chi connectivity index (χ0) is 17.1. The minimum Gasteiger partial charge on any atom is -0.380 e. The third-order valence-corrected chi connectivity index (χ3v) is 4.96. The molecule has 2 heterocycles. The summed E-state index contributed by atoms with van der Waals surface area (Å²) in [6.45, 7) is 2.61. The molecule has 3 rings (SSSR count). The van der Waals surface area contributed by atoms with Crippen LogP contribution in [0, 0.1) is 17.1 Å². The fraction of sp³-hybridized carbons (Fsp3) is 0.556. The molecule has 0 unspecified atom stereocenters. The van der Waals surface area contributed by atoms with Gasteiger partial charge in [-0.15, -0.1) is 0 Å². The van der Waals surface area contributed by atoms with Crippen molar-refractivity contribution in [3.05, 3.63) is 35.1 Å². The van der Waals surface area contributed by atoms with Crippen LogP contribution in [0.5, 0.6) is 0 Å². The average molecular weight is 331 g/mol. The van der Waals surface area contributed by atoms with Crippen molar-refractivity contribution >= 4 is 5.91 Å². The number of hydrogen-bond acceptors (Lipinski definition) is 4. The molecule has 1 aromatic carbocycles. The number of halogens is 1. The van der Waals surface area contributed by atoms with E-state index in [4.69, 9.17) is 4.74 Å². The second-order valence-electron chi connectivity index (χ2n) is 6.48. The lowest BCUT2D eigenvalue weighted by atomic mass is 10.1. The van der Waals surface area contributed by atoms with Crippen molar-refractivity contribution in [2.45, 2.75) is 38.0 Å². The SMILES string of the molecule is CO[C@H]1C[C@@H](C(=O)N2CCCC2)N(Cc2cc(F)ccc2C#N)C1. The Morgan fingerprint density at radius 3 is 2.83 bits per heavy atom. The molecule has 0 radical (unpaired) electrons. The second kappa shape index (κ2) is 7.29. The summed E-state index contributed by atoms with van der Waals surface area (Å²) in [7, 11) is 1.65. The highest BCUT2D eigenvalue weighted by Gasteiger charge is 2.39.